The fraction of sp³-hybridized carbons (Fsp3) is 0.333. The van der Waals surface area contributed by atoms with Crippen molar-refractivity contribution in [1.82, 2.24) is 16.0 Å². The summed E-state index contributed by atoms with van der Waals surface area (Å²) >= 11 is 0. The molecule has 2 aromatic rings. The SMILES string of the molecule is CC(C)[C@H](NC(=O)C[C@H](NC(=O)c1ccc(C#N)cc1)c1ccccc1)C(=O)[C@@H]1C(=O)NC(=O)[C@H]1C. The zero-order valence-corrected chi connectivity index (χ0v) is 20.3. The highest BCUT2D eigenvalue weighted by molar-refractivity contribution is 6.16. The largest absolute Gasteiger partial charge is 0.346 e. The van der Waals surface area contributed by atoms with Crippen molar-refractivity contribution in [3.63, 3.8) is 0 Å². The van der Waals surface area contributed by atoms with Crippen LogP contribution in [0.1, 0.15) is 54.7 Å². The van der Waals surface area contributed by atoms with Gasteiger partial charge in [0.15, 0.2) is 5.78 Å². The number of nitrogens with zero attached hydrogens (tertiary/aromatic N) is 1. The van der Waals surface area contributed by atoms with Crippen molar-refractivity contribution < 1.29 is 24.0 Å². The lowest BCUT2D eigenvalue weighted by Crippen LogP contribution is -2.49. The van der Waals surface area contributed by atoms with E-state index in [4.69, 9.17) is 5.26 Å². The summed E-state index contributed by atoms with van der Waals surface area (Å²) in [6, 6.07) is 15.4. The third kappa shape index (κ3) is 6.02. The molecule has 9 heteroatoms. The molecule has 0 aromatic heterocycles. The van der Waals surface area contributed by atoms with Crippen molar-refractivity contribution in [1.29, 1.82) is 5.26 Å². The first-order chi connectivity index (χ1) is 17.1. The zero-order chi connectivity index (χ0) is 26.4. The molecule has 0 bridgehead atoms. The van der Waals surface area contributed by atoms with Crippen LogP contribution in [-0.4, -0.2) is 35.5 Å². The van der Waals surface area contributed by atoms with Crippen LogP contribution < -0.4 is 16.0 Å². The number of imide groups is 1. The minimum Gasteiger partial charge on any atom is -0.346 e. The number of benzene rings is 2. The Balaban J connectivity index is 1.76. The Labute approximate surface area is 209 Å². The monoisotopic (exact) mass is 488 g/mol. The molecule has 1 aliphatic rings. The van der Waals surface area contributed by atoms with Crippen molar-refractivity contribution in [3.05, 3.63) is 71.3 Å². The van der Waals surface area contributed by atoms with Crippen LogP contribution >= 0.6 is 0 Å². The third-order valence-corrected chi connectivity index (χ3v) is 6.21. The number of hydrogen-bond acceptors (Lipinski definition) is 6. The Bertz CT molecular complexity index is 1200. The summed E-state index contributed by atoms with van der Waals surface area (Å²) in [7, 11) is 0. The van der Waals surface area contributed by atoms with Gasteiger partial charge in [0, 0.05) is 5.56 Å². The van der Waals surface area contributed by atoms with E-state index in [1.807, 2.05) is 12.1 Å². The highest BCUT2D eigenvalue weighted by Crippen LogP contribution is 2.24. The van der Waals surface area contributed by atoms with Crippen molar-refractivity contribution in [3.8, 4) is 6.07 Å². The zero-order valence-electron chi connectivity index (χ0n) is 20.3. The second-order valence-electron chi connectivity index (χ2n) is 9.14. The Hall–Kier alpha value is -4.32. The number of carbonyl (C=O) groups is 5. The first kappa shape index (κ1) is 26.3. The molecule has 0 spiro atoms. The second kappa shape index (κ2) is 11.4. The maximum Gasteiger partial charge on any atom is 0.251 e. The van der Waals surface area contributed by atoms with Gasteiger partial charge in [-0.3, -0.25) is 29.3 Å². The Morgan fingerprint density at radius 2 is 1.61 bits per heavy atom. The van der Waals surface area contributed by atoms with Crippen molar-refractivity contribution in [2.75, 3.05) is 0 Å². The van der Waals surface area contributed by atoms with Gasteiger partial charge in [-0.05, 0) is 35.7 Å². The molecule has 3 rings (SSSR count). The van der Waals surface area contributed by atoms with Gasteiger partial charge < -0.3 is 10.6 Å². The fourth-order valence-electron chi connectivity index (χ4n) is 4.12. The number of hydrogen-bond donors (Lipinski definition) is 3. The van der Waals surface area contributed by atoms with E-state index in [0.29, 0.717) is 16.7 Å². The molecule has 186 valence electrons. The first-order valence-electron chi connectivity index (χ1n) is 11.7. The number of amides is 4. The molecule has 0 saturated carbocycles. The van der Waals surface area contributed by atoms with Gasteiger partial charge in [-0.25, -0.2) is 0 Å². The Kier molecular flexibility index (Phi) is 8.33. The van der Waals surface area contributed by atoms with Crippen LogP contribution in [0.3, 0.4) is 0 Å². The van der Waals surface area contributed by atoms with Gasteiger partial charge in [0.05, 0.1) is 36.1 Å². The van der Waals surface area contributed by atoms with Gasteiger partial charge in [0.2, 0.25) is 17.7 Å². The minimum absolute atomic E-state index is 0.159. The number of ketones is 1. The number of carbonyl (C=O) groups excluding carboxylic acids is 5. The summed E-state index contributed by atoms with van der Waals surface area (Å²) in [5.41, 5.74) is 1.44. The van der Waals surface area contributed by atoms with Crippen LogP contribution in [0.25, 0.3) is 0 Å². The van der Waals surface area contributed by atoms with E-state index in [9.17, 15) is 24.0 Å². The summed E-state index contributed by atoms with van der Waals surface area (Å²) in [5.74, 6) is -4.91. The number of nitriles is 1. The number of rotatable bonds is 9. The summed E-state index contributed by atoms with van der Waals surface area (Å²) in [5, 5.41) is 16.7. The molecule has 1 heterocycles. The molecule has 2 aromatic carbocycles. The first-order valence-corrected chi connectivity index (χ1v) is 11.7. The lowest BCUT2D eigenvalue weighted by atomic mass is 9.85. The molecule has 4 amide bonds. The third-order valence-electron chi connectivity index (χ3n) is 6.21. The molecule has 9 nitrogen and oxygen atoms in total. The van der Waals surface area contributed by atoms with E-state index in [1.165, 1.54) is 31.2 Å². The molecule has 1 saturated heterocycles. The molecular formula is C27H28N4O5. The van der Waals surface area contributed by atoms with Gasteiger partial charge >= 0.3 is 0 Å². The maximum atomic E-state index is 13.1. The molecule has 3 N–H and O–H groups in total. The molecular weight excluding hydrogens is 460 g/mol. The normalized spacial score (nSPS) is 18.6. The van der Waals surface area contributed by atoms with Gasteiger partial charge in [0.25, 0.3) is 5.91 Å². The smallest absolute Gasteiger partial charge is 0.251 e. The topological polar surface area (TPSA) is 145 Å². The van der Waals surface area contributed by atoms with Gasteiger partial charge in [-0.1, -0.05) is 51.1 Å². The molecule has 1 fully saturated rings. The molecule has 1 aliphatic heterocycles. The van der Waals surface area contributed by atoms with E-state index < -0.39 is 53.3 Å². The second-order valence-corrected chi connectivity index (χ2v) is 9.14. The van der Waals surface area contributed by atoms with Crippen molar-refractivity contribution >= 4 is 29.4 Å². The van der Waals surface area contributed by atoms with Crippen LogP contribution in [0.2, 0.25) is 0 Å². The van der Waals surface area contributed by atoms with Gasteiger partial charge in [-0.15, -0.1) is 0 Å². The van der Waals surface area contributed by atoms with Crippen molar-refractivity contribution in [2.24, 2.45) is 17.8 Å². The minimum atomic E-state index is -1.16. The van der Waals surface area contributed by atoms with E-state index in [2.05, 4.69) is 16.0 Å². The average Bonchev–Trinajstić information content (AvgIpc) is 3.12. The molecule has 36 heavy (non-hydrogen) atoms. The molecule has 0 aliphatic carbocycles. The van der Waals surface area contributed by atoms with Crippen molar-refractivity contribution in [2.45, 2.75) is 39.3 Å². The Morgan fingerprint density at radius 3 is 2.14 bits per heavy atom. The van der Waals surface area contributed by atoms with Gasteiger partial charge in [-0.2, -0.15) is 5.26 Å². The predicted molar refractivity (Wildman–Crippen MR) is 130 cm³/mol. The van der Waals surface area contributed by atoms with Crippen LogP contribution in [-0.2, 0) is 19.2 Å². The standard InChI is InChI=1S/C27H28N4O5/c1-15(2)23(24(33)22-16(3)25(34)31-27(22)36)30-21(32)13-20(18-7-5-4-6-8-18)29-26(35)19-11-9-17(14-28)10-12-19/h4-12,15-16,20,22-23H,13H2,1-3H3,(H,29,35)(H,30,32)(H,31,34,36)/t16-,20-,22+,23-/m0/s1. The molecule has 4 atom stereocenters. The summed E-state index contributed by atoms with van der Waals surface area (Å²) in [6.07, 6.45) is -0.159. The molecule has 0 radical (unpaired) electrons. The van der Waals surface area contributed by atoms with Gasteiger partial charge in [0.1, 0.15) is 5.92 Å². The van der Waals surface area contributed by atoms with Crippen LogP contribution in [0, 0.1) is 29.1 Å². The number of nitrogens with one attached hydrogen (secondary N) is 3. The average molecular weight is 489 g/mol. The lowest BCUT2D eigenvalue weighted by molar-refractivity contribution is -0.137. The maximum absolute atomic E-state index is 13.1. The quantitative estimate of drug-likeness (QED) is 0.364. The highest BCUT2D eigenvalue weighted by atomic mass is 16.2. The highest BCUT2D eigenvalue weighted by Gasteiger charge is 2.46. The van der Waals surface area contributed by atoms with E-state index >= 15 is 0 Å². The van der Waals surface area contributed by atoms with Crippen LogP contribution in [0.4, 0.5) is 0 Å². The lowest BCUT2D eigenvalue weighted by Gasteiger charge is -2.26. The summed E-state index contributed by atoms with van der Waals surface area (Å²) in [4.78, 5) is 63.1. The summed E-state index contributed by atoms with van der Waals surface area (Å²) in [6.45, 7) is 4.99. The fourth-order valence-corrected chi connectivity index (χ4v) is 4.12. The van der Waals surface area contributed by atoms with Crippen LogP contribution in [0.5, 0.6) is 0 Å². The summed E-state index contributed by atoms with van der Waals surface area (Å²) < 4.78 is 0. The van der Waals surface area contributed by atoms with Crippen LogP contribution in [0.15, 0.2) is 54.6 Å². The number of Topliss-reactive ketones (excluding diaryl/α,β-unsaturated/α-hetero) is 1. The molecule has 0 unspecified atom stereocenters. The predicted octanol–water partition coefficient (Wildman–Crippen LogP) is 2.04. The Morgan fingerprint density at radius 1 is 0.972 bits per heavy atom. The van der Waals surface area contributed by atoms with E-state index in [-0.39, 0.29) is 12.3 Å². The van der Waals surface area contributed by atoms with E-state index in [1.54, 1.807) is 38.1 Å². The van der Waals surface area contributed by atoms with E-state index in [0.717, 1.165) is 0 Å².